The van der Waals surface area contributed by atoms with Crippen LogP contribution in [0.5, 0.6) is 0 Å². The zero-order valence-electron chi connectivity index (χ0n) is 11.5. The number of benzene rings is 1. The van der Waals surface area contributed by atoms with E-state index in [2.05, 4.69) is 56.7 Å². The SMILES string of the molecule is CCC1(C)C(C)=[N+](C)c2ccccc21.O=S(=O)([O-])O. The van der Waals surface area contributed by atoms with Crippen LogP contribution in [0.15, 0.2) is 24.3 Å². The van der Waals surface area contributed by atoms with Gasteiger partial charge in [-0.1, -0.05) is 25.1 Å². The van der Waals surface area contributed by atoms with Crippen molar-refractivity contribution >= 4 is 21.8 Å². The van der Waals surface area contributed by atoms with E-state index in [1.54, 1.807) is 0 Å². The molecule has 5 nitrogen and oxygen atoms in total. The van der Waals surface area contributed by atoms with E-state index in [9.17, 15) is 0 Å². The second-order valence-electron chi connectivity index (χ2n) is 4.77. The van der Waals surface area contributed by atoms with Gasteiger partial charge in [0, 0.05) is 18.6 Å². The molecule has 1 aliphatic heterocycles. The molecule has 1 atom stereocenters. The van der Waals surface area contributed by atoms with E-state index in [1.165, 1.54) is 23.4 Å². The van der Waals surface area contributed by atoms with Crippen molar-refractivity contribution < 1.29 is 22.1 Å². The van der Waals surface area contributed by atoms with Crippen LogP contribution >= 0.6 is 0 Å². The van der Waals surface area contributed by atoms with Crippen molar-refractivity contribution in [2.45, 2.75) is 32.6 Å². The minimum Gasteiger partial charge on any atom is -0.726 e. The summed E-state index contributed by atoms with van der Waals surface area (Å²) in [4.78, 5) is 0. The Hall–Kier alpha value is -1.24. The molecular formula is C13H19NO4S. The quantitative estimate of drug-likeness (QED) is 0.487. The van der Waals surface area contributed by atoms with Crippen LogP contribution in [0.2, 0.25) is 0 Å². The highest BCUT2D eigenvalue weighted by Gasteiger charge is 2.43. The second-order valence-corrected chi connectivity index (χ2v) is 5.63. The molecule has 1 unspecified atom stereocenters. The average molecular weight is 285 g/mol. The lowest BCUT2D eigenvalue weighted by Crippen LogP contribution is -2.28. The highest BCUT2D eigenvalue weighted by molar-refractivity contribution is 7.79. The summed E-state index contributed by atoms with van der Waals surface area (Å²) in [6, 6.07) is 8.72. The van der Waals surface area contributed by atoms with E-state index in [4.69, 9.17) is 17.5 Å². The van der Waals surface area contributed by atoms with Gasteiger partial charge in [0.05, 0.1) is 5.41 Å². The van der Waals surface area contributed by atoms with E-state index >= 15 is 0 Å². The van der Waals surface area contributed by atoms with Crippen LogP contribution < -0.4 is 0 Å². The molecule has 1 heterocycles. The van der Waals surface area contributed by atoms with Crippen LogP contribution in [0.25, 0.3) is 0 Å². The summed E-state index contributed by atoms with van der Waals surface area (Å²) in [6.07, 6.45) is 1.17. The first-order valence-electron chi connectivity index (χ1n) is 5.97. The normalized spacial score (nSPS) is 21.8. The molecule has 0 aliphatic carbocycles. The molecule has 1 aliphatic rings. The van der Waals surface area contributed by atoms with Crippen molar-refractivity contribution in [1.29, 1.82) is 0 Å². The summed E-state index contributed by atoms with van der Waals surface area (Å²) in [6.45, 7) is 6.84. The van der Waals surface area contributed by atoms with E-state index in [0.29, 0.717) is 0 Å². The fourth-order valence-corrected chi connectivity index (χ4v) is 2.42. The first-order valence-corrected chi connectivity index (χ1v) is 7.33. The van der Waals surface area contributed by atoms with Gasteiger partial charge in [0.25, 0.3) is 0 Å². The highest BCUT2D eigenvalue weighted by atomic mass is 32.3. The van der Waals surface area contributed by atoms with Gasteiger partial charge in [-0.2, -0.15) is 0 Å². The number of fused-ring (bicyclic) bond motifs is 1. The Morgan fingerprint density at radius 2 is 1.84 bits per heavy atom. The molecule has 0 fully saturated rings. The second kappa shape index (κ2) is 5.40. The fraction of sp³-hybridized carbons (Fsp3) is 0.462. The summed E-state index contributed by atoms with van der Waals surface area (Å²) in [5.41, 5.74) is 4.55. The van der Waals surface area contributed by atoms with Gasteiger partial charge in [0.1, 0.15) is 7.05 Å². The van der Waals surface area contributed by atoms with Gasteiger partial charge >= 0.3 is 0 Å². The fourth-order valence-electron chi connectivity index (χ4n) is 2.42. The minimum atomic E-state index is -4.92. The Morgan fingerprint density at radius 1 is 1.37 bits per heavy atom. The molecule has 0 aromatic heterocycles. The van der Waals surface area contributed by atoms with Crippen LogP contribution in [0.3, 0.4) is 0 Å². The molecule has 1 N–H and O–H groups in total. The number of rotatable bonds is 1. The maximum Gasteiger partial charge on any atom is 0.215 e. The van der Waals surface area contributed by atoms with Crippen LogP contribution in [0.1, 0.15) is 32.8 Å². The van der Waals surface area contributed by atoms with Crippen molar-refractivity contribution in [1.82, 2.24) is 0 Å². The molecule has 1 aromatic carbocycles. The summed E-state index contributed by atoms with van der Waals surface area (Å²) >= 11 is 0. The summed E-state index contributed by atoms with van der Waals surface area (Å²) in [5, 5.41) is 0. The van der Waals surface area contributed by atoms with Crippen molar-refractivity contribution in [3.63, 3.8) is 0 Å². The zero-order valence-corrected chi connectivity index (χ0v) is 12.4. The molecule has 1 aromatic rings. The molecule has 0 amide bonds. The van der Waals surface area contributed by atoms with Crippen LogP contribution in [-0.2, 0) is 15.8 Å². The first kappa shape index (κ1) is 15.8. The van der Waals surface area contributed by atoms with Gasteiger partial charge in [-0.15, -0.1) is 0 Å². The Balaban J connectivity index is 0.000000312. The van der Waals surface area contributed by atoms with E-state index in [0.717, 1.165) is 0 Å². The third kappa shape index (κ3) is 3.40. The summed E-state index contributed by atoms with van der Waals surface area (Å²) < 4.78 is 35.2. The van der Waals surface area contributed by atoms with Gasteiger partial charge in [0.15, 0.2) is 5.71 Å². The number of hydrogen-bond acceptors (Lipinski definition) is 3. The molecule has 106 valence electrons. The third-order valence-electron chi connectivity index (χ3n) is 3.87. The van der Waals surface area contributed by atoms with Gasteiger partial charge in [-0.3, -0.25) is 4.55 Å². The Labute approximate surface area is 114 Å². The van der Waals surface area contributed by atoms with Gasteiger partial charge in [-0.05, 0) is 13.3 Å². The minimum absolute atomic E-state index is 0.241. The van der Waals surface area contributed by atoms with Crippen molar-refractivity contribution in [2.24, 2.45) is 0 Å². The highest BCUT2D eigenvalue weighted by Crippen LogP contribution is 2.40. The standard InChI is InChI=1S/C13H18N.H2O4S/c1-5-13(3)10(2)14(4)12-9-7-6-8-11(12)13;1-5(2,3)4/h6-9H,5H2,1-4H3;(H2,1,2,3,4)/q+1;/p-1. The first-order chi connectivity index (χ1) is 8.61. The molecule has 0 saturated heterocycles. The smallest absolute Gasteiger partial charge is 0.215 e. The van der Waals surface area contributed by atoms with E-state index < -0.39 is 10.4 Å². The topological polar surface area (TPSA) is 80.4 Å². The number of nitrogens with zero attached hydrogens (tertiary/aromatic N) is 1. The third-order valence-corrected chi connectivity index (χ3v) is 3.87. The maximum absolute atomic E-state index is 8.63. The molecule has 2 rings (SSSR count). The van der Waals surface area contributed by atoms with Crippen molar-refractivity contribution in [3.05, 3.63) is 29.8 Å². The molecule has 0 spiro atoms. The molecule has 0 radical (unpaired) electrons. The Bertz CT molecular complexity index is 599. The molecule has 0 bridgehead atoms. The molecule has 19 heavy (non-hydrogen) atoms. The molecular weight excluding hydrogens is 266 g/mol. The monoisotopic (exact) mass is 285 g/mol. The van der Waals surface area contributed by atoms with Gasteiger partial charge in [-0.25, -0.2) is 13.0 Å². The predicted octanol–water partition coefficient (Wildman–Crippen LogP) is 2.11. The summed E-state index contributed by atoms with van der Waals surface area (Å²) in [5.74, 6) is 0. The van der Waals surface area contributed by atoms with Crippen molar-refractivity contribution in [2.75, 3.05) is 7.05 Å². The van der Waals surface area contributed by atoms with Gasteiger partial charge < -0.3 is 4.55 Å². The van der Waals surface area contributed by atoms with Crippen LogP contribution in [-0.4, -0.2) is 34.9 Å². The summed E-state index contributed by atoms with van der Waals surface area (Å²) in [7, 11) is -2.75. The molecule has 0 saturated carbocycles. The van der Waals surface area contributed by atoms with E-state index in [1.807, 2.05) is 0 Å². The average Bonchev–Trinajstić information content (AvgIpc) is 2.51. The lowest BCUT2D eigenvalue weighted by atomic mass is 9.78. The van der Waals surface area contributed by atoms with Crippen LogP contribution in [0.4, 0.5) is 5.69 Å². The molecule has 6 heteroatoms. The number of hydrogen-bond donors (Lipinski definition) is 1. The lowest BCUT2D eigenvalue weighted by Gasteiger charge is -2.19. The number of para-hydroxylation sites is 1. The maximum atomic E-state index is 8.63. The Morgan fingerprint density at radius 3 is 2.32 bits per heavy atom. The lowest BCUT2D eigenvalue weighted by molar-refractivity contribution is -0.403. The predicted molar refractivity (Wildman–Crippen MR) is 72.9 cm³/mol. The van der Waals surface area contributed by atoms with Crippen molar-refractivity contribution in [3.8, 4) is 0 Å². The Kier molecular flexibility index (Phi) is 4.50. The van der Waals surface area contributed by atoms with Gasteiger partial charge in [0.2, 0.25) is 16.1 Å². The zero-order chi connectivity index (χ0) is 14.8. The van der Waals surface area contributed by atoms with E-state index in [-0.39, 0.29) is 5.41 Å². The largest absolute Gasteiger partial charge is 0.726 e. The van der Waals surface area contributed by atoms with Crippen LogP contribution in [0, 0.1) is 0 Å².